The third-order valence-electron chi connectivity index (χ3n) is 5.08. The molecule has 3 aromatic rings. The average Bonchev–Trinajstić information content (AvgIpc) is 3.13. The predicted molar refractivity (Wildman–Crippen MR) is 116 cm³/mol. The summed E-state index contributed by atoms with van der Waals surface area (Å²) in [5.41, 5.74) is 0.917. The minimum Gasteiger partial charge on any atom is -0.467 e. The molecular formula is C20H21ClN6O4. The number of H-pyrrole nitrogens is 1. The number of benzene rings is 1. The van der Waals surface area contributed by atoms with Crippen LogP contribution in [0.3, 0.4) is 0 Å². The van der Waals surface area contributed by atoms with Crippen LogP contribution in [-0.4, -0.2) is 45.8 Å². The summed E-state index contributed by atoms with van der Waals surface area (Å²) in [6, 6.07) is 6.40. The molecule has 0 bridgehead atoms. The van der Waals surface area contributed by atoms with E-state index in [1.165, 1.54) is 12.0 Å². The van der Waals surface area contributed by atoms with Crippen LogP contribution >= 0.6 is 11.6 Å². The van der Waals surface area contributed by atoms with Gasteiger partial charge < -0.3 is 19.8 Å². The molecule has 0 aliphatic carbocycles. The van der Waals surface area contributed by atoms with E-state index < -0.39 is 12.1 Å². The summed E-state index contributed by atoms with van der Waals surface area (Å²) in [7, 11) is 1.42. The highest BCUT2D eigenvalue weighted by Crippen LogP contribution is 2.25. The molecule has 2 N–H and O–H groups in total. The molecule has 1 aliphatic heterocycles. The Morgan fingerprint density at radius 2 is 2.13 bits per heavy atom. The van der Waals surface area contributed by atoms with Gasteiger partial charge in [-0.2, -0.15) is 15.0 Å². The van der Waals surface area contributed by atoms with Crippen LogP contribution < -0.4 is 20.5 Å². The number of ether oxygens (including phenoxy) is 2. The lowest BCUT2D eigenvalue weighted by atomic mass is 10.1. The van der Waals surface area contributed by atoms with Crippen molar-refractivity contribution in [3.63, 3.8) is 0 Å². The van der Waals surface area contributed by atoms with Gasteiger partial charge in [0.2, 0.25) is 11.9 Å². The molecule has 0 radical (unpaired) electrons. The van der Waals surface area contributed by atoms with Gasteiger partial charge in [-0.05, 0) is 37.6 Å². The number of carbonyl (C=O) groups excluding carboxylic acids is 1. The number of amides is 1. The Balaban J connectivity index is 1.67. The number of nitrogens with one attached hydrogen (secondary N) is 2. The number of rotatable bonds is 6. The normalized spacial score (nSPS) is 17.0. The number of halogens is 1. The number of cyclic esters (lactones) is 1. The summed E-state index contributed by atoms with van der Waals surface area (Å²) in [6.07, 6.45) is 0.149. The fourth-order valence-corrected chi connectivity index (χ4v) is 3.58. The molecule has 162 valence electrons. The maximum absolute atomic E-state index is 12.6. The number of aromatic amines is 1. The van der Waals surface area contributed by atoms with Gasteiger partial charge in [0.15, 0.2) is 0 Å². The molecule has 3 heterocycles. The lowest BCUT2D eigenvalue weighted by Gasteiger charge is -2.20. The van der Waals surface area contributed by atoms with E-state index >= 15 is 0 Å². The van der Waals surface area contributed by atoms with E-state index in [-0.39, 0.29) is 36.1 Å². The van der Waals surface area contributed by atoms with E-state index in [9.17, 15) is 9.59 Å². The zero-order chi connectivity index (χ0) is 22.1. The first-order valence-corrected chi connectivity index (χ1v) is 10.1. The molecule has 1 amide bonds. The monoisotopic (exact) mass is 444 g/mol. The van der Waals surface area contributed by atoms with Crippen molar-refractivity contribution in [1.82, 2.24) is 19.9 Å². The van der Waals surface area contributed by atoms with Crippen LogP contribution in [-0.2, 0) is 4.74 Å². The van der Waals surface area contributed by atoms with Crippen molar-refractivity contribution in [2.45, 2.75) is 32.4 Å². The van der Waals surface area contributed by atoms with E-state index in [0.29, 0.717) is 22.5 Å². The van der Waals surface area contributed by atoms with Gasteiger partial charge in [-0.1, -0.05) is 18.5 Å². The first kappa shape index (κ1) is 20.9. The quantitative estimate of drug-likeness (QED) is 0.593. The van der Waals surface area contributed by atoms with E-state index in [0.717, 1.165) is 5.39 Å². The maximum atomic E-state index is 12.6. The number of hydrogen-bond acceptors (Lipinski definition) is 8. The number of pyridine rings is 1. The Morgan fingerprint density at radius 1 is 1.32 bits per heavy atom. The van der Waals surface area contributed by atoms with Gasteiger partial charge in [0, 0.05) is 21.5 Å². The van der Waals surface area contributed by atoms with Crippen molar-refractivity contribution in [3.8, 4) is 6.01 Å². The van der Waals surface area contributed by atoms with Gasteiger partial charge in [-0.3, -0.25) is 4.79 Å². The summed E-state index contributed by atoms with van der Waals surface area (Å²) in [4.78, 5) is 41.8. The van der Waals surface area contributed by atoms with Crippen molar-refractivity contribution in [1.29, 1.82) is 0 Å². The number of carbonyl (C=O) groups is 1. The van der Waals surface area contributed by atoms with Crippen molar-refractivity contribution in [2.24, 2.45) is 0 Å². The second-order valence-electron chi connectivity index (χ2n) is 7.11. The Hall–Kier alpha value is -3.40. The van der Waals surface area contributed by atoms with Crippen LogP contribution in [0.4, 0.5) is 16.7 Å². The van der Waals surface area contributed by atoms with Crippen LogP contribution in [0, 0.1) is 0 Å². The fraction of sp³-hybridized carbons (Fsp3) is 0.350. The molecule has 0 saturated carbocycles. The molecule has 1 fully saturated rings. The third-order valence-corrected chi connectivity index (χ3v) is 5.32. The SMILES string of the molecule is CC[C@H]1COC(=O)N1c1nc(N[C@@H](C)c2cc3cc(Cl)ccc3[nH]c2=O)nc(OC)n1. The number of anilines is 2. The van der Waals surface area contributed by atoms with Gasteiger partial charge in [-0.25, -0.2) is 9.69 Å². The van der Waals surface area contributed by atoms with Gasteiger partial charge in [0.05, 0.1) is 19.2 Å². The third kappa shape index (κ3) is 4.11. The Bertz CT molecular complexity index is 1200. The summed E-state index contributed by atoms with van der Waals surface area (Å²) in [5, 5.41) is 4.46. The first-order valence-electron chi connectivity index (χ1n) is 9.74. The topological polar surface area (TPSA) is 122 Å². The van der Waals surface area contributed by atoms with Crippen LogP contribution in [0.1, 0.15) is 31.9 Å². The lowest BCUT2D eigenvalue weighted by molar-refractivity contribution is 0.178. The molecular weight excluding hydrogens is 424 g/mol. The second-order valence-corrected chi connectivity index (χ2v) is 7.54. The molecule has 31 heavy (non-hydrogen) atoms. The summed E-state index contributed by atoms with van der Waals surface area (Å²) >= 11 is 6.08. The molecule has 11 heteroatoms. The summed E-state index contributed by atoms with van der Waals surface area (Å²) in [5.74, 6) is 0.282. The van der Waals surface area contributed by atoms with E-state index in [1.807, 2.05) is 6.92 Å². The summed E-state index contributed by atoms with van der Waals surface area (Å²) in [6.45, 7) is 4.00. The predicted octanol–water partition coefficient (Wildman–Crippen LogP) is 3.28. The van der Waals surface area contributed by atoms with E-state index in [1.54, 1.807) is 31.2 Å². The molecule has 1 aromatic carbocycles. The zero-order valence-electron chi connectivity index (χ0n) is 17.2. The first-order chi connectivity index (χ1) is 14.9. The highest BCUT2D eigenvalue weighted by molar-refractivity contribution is 6.31. The Labute approximate surface area is 182 Å². The number of fused-ring (bicyclic) bond motifs is 1. The molecule has 1 saturated heterocycles. The molecule has 10 nitrogen and oxygen atoms in total. The minimum absolute atomic E-state index is 0.0356. The van der Waals surface area contributed by atoms with Crippen molar-refractivity contribution >= 4 is 40.5 Å². The molecule has 1 aliphatic rings. The Morgan fingerprint density at radius 3 is 2.87 bits per heavy atom. The maximum Gasteiger partial charge on any atom is 0.417 e. The van der Waals surface area contributed by atoms with Gasteiger partial charge in [0.1, 0.15) is 6.61 Å². The highest BCUT2D eigenvalue weighted by atomic mass is 35.5. The highest BCUT2D eigenvalue weighted by Gasteiger charge is 2.35. The van der Waals surface area contributed by atoms with Crippen molar-refractivity contribution in [2.75, 3.05) is 23.9 Å². The number of aromatic nitrogens is 4. The molecule has 2 aromatic heterocycles. The number of methoxy groups -OCH3 is 1. The Kier molecular flexibility index (Phi) is 5.64. The van der Waals surface area contributed by atoms with Crippen LogP contribution in [0.2, 0.25) is 5.02 Å². The standard InChI is InChI=1S/C20H21ClN6O4/c1-4-13-9-31-20(29)27(13)18-24-17(25-19(26-18)30-3)22-10(2)14-8-11-7-12(21)5-6-15(11)23-16(14)28/h5-8,10,13H,4,9H2,1-3H3,(H,23,28)(H,22,24,25,26)/t10-,13-/m0/s1. The van der Waals surface area contributed by atoms with Gasteiger partial charge in [0.25, 0.3) is 5.56 Å². The van der Waals surface area contributed by atoms with Crippen molar-refractivity contribution in [3.05, 3.63) is 45.2 Å². The number of hydrogen-bond donors (Lipinski definition) is 2. The lowest BCUT2D eigenvalue weighted by Crippen LogP contribution is -2.34. The van der Waals surface area contributed by atoms with Gasteiger partial charge in [-0.15, -0.1) is 0 Å². The molecule has 2 atom stereocenters. The largest absolute Gasteiger partial charge is 0.467 e. The smallest absolute Gasteiger partial charge is 0.417 e. The molecule has 0 unspecified atom stereocenters. The zero-order valence-corrected chi connectivity index (χ0v) is 17.9. The second kappa shape index (κ2) is 8.38. The fourth-order valence-electron chi connectivity index (χ4n) is 3.40. The van der Waals surface area contributed by atoms with E-state index in [2.05, 4.69) is 25.3 Å². The summed E-state index contributed by atoms with van der Waals surface area (Å²) < 4.78 is 10.3. The van der Waals surface area contributed by atoms with Crippen LogP contribution in [0.15, 0.2) is 29.1 Å². The molecule has 0 spiro atoms. The minimum atomic E-state index is -0.526. The van der Waals surface area contributed by atoms with Crippen LogP contribution in [0.5, 0.6) is 6.01 Å². The average molecular weight is 445 g/mol. The van der Waals surface area contributed by atoms with E-state index in [4.69, 9.17) is 21.1 Å². The number of nitrogens with zero attached hydrogens (tertiary/aromatic N) is 4. The van der Waals surface area contributed by atoms with Crippen LogP contribution in [0.25, 0.3) is 10.9 Å². The van der Waals surface area contributed by atoms with Crippen molar-refractivity contribution < 1.29 is 14.3 Å². The van der Waals surface area contributed by atoms with Gasteiger partial charge >= 0.3 is 12.1 Å². The molecule has 4 rings (SSSR count).